The number of alkyl halides is 2. The number of nitriles is 2. The predicted octanol–water partition coefficient (Wildman–Crippen LogP) is 1.42. The SMILES string of the molecule is N#CCc1nc(CN)c(C#N)cc1C(F)F. The Hall–Kier alpha value is -2.05. The molecule has 0 aromatic carbocycles. The first-order valence-corrected chi connectivity index (χ1v) is 4.42. The summed E-state index contributed by atoms with van der Waals surface area (Å²) in [5.41, 5.74) is 5.20. The van der Waals surface area contributed by atoms with Crippen LogP contribution in [0.3, 0.4) is 0 Å². The molecule has 1 aromatic heterocycles. The third-order valence-electron chi connectivity index (χ3n) is 2.01. The zero-order valence-corrected chi connectivity index (χ0v) is 8.24. The molecule has 82 valence electrons. The Labute approximate surface area is 90.9 Å². The van der Waals surface area contributed by atoms with E-state index in [1.165, 1.54) is 0 Å². The zero-order chi connectivity index (χ0) is 12.1. The van der Waals surface area contributed by atoms with Crippen LogP contribution in [-0.2, 0) is 13.0 Å². The second-order valence-electron chi connectivity index (χ2n) is 2.97. The number of aromatic nitrogens is 1. The van der Waals surface area contributed by atoms with Crippen molar-refractivity contribution in [2.75, 3.05) is 0 Å². The Balaban J connectivity index is 3.38. The van der Waals surface area contributed by atoms with Crippen molar-refractivity contribution in [3.8, 4) is 12.1 Å². The lowest BCUT2D eigenvalue weighted by atomic mass is 10.1. The van der Waals surface area contributed by atoms with Gasteiger partial charge in [0.15, 0.2) is 0 Å². The smallest absolute Gasteiger partial charge is 0.265 e. The highest BCUT2D eigenvalue weighted by molar-refractivity contribution is 5.40. The van der Waals surface area contributed by atoms with Gasteiger partial charge >= 0.3 is 0 Å². The molecule has 2 N–H and O–H groups in total. The van der Waals surface area contributed by atoms with E-state index in [-0.39, 0.29) is 35.5 Å². The highest BCUT2D eigenvalue weighted by atomic mass is 19.3. The van der Waals surface area contributed by atoms with Crippen molar-refractivity contribution in [3.05, 3.63) is 28.6 Å². The molecule has 0 amide bonds. The molecule has 0 spiro atoms. The van der Waals surface area contributed by atoms with Crippen LogP contribution in [0.5, 0.6) is 0 Å². The third-order valence-corrected chi connectivity index (χ3v) is 2.01. The van der Waals surface area contributed by atoms with Gasteiger partial charge in [-0.15, -0.1) is 0 Å². The Morgan fingerprint density at radius 1 is 1.38 bits per heavy atom. The maximum atomic E-state index is 12.6. The summed E-state index contributed by atoms with van der Waals surface area (Å²) < 4.78 is 25.2. The maximum absolute atomic E-state index is 12.6. The number of hydrogen-bond acceptors (Lipinski definition) is 4. The molecule has 1 aromatic rings. The highest BCUT2D eigenvalue weighted by Gasteiger charge is 2.17. The molecule has 0 atom stereocenters. The summed E-state index contributed by atoms with van der Waals surface area (Å²) in [7, 11) is 0. The van der Waals surface area contributed by atoms with Gasteiger partial charge in [0.05, 0.1) is 29.4 Å². The van der Waals surface area contributed by atoms with E-state index in [1.54, 1.807) is 12.1 Å². The van der Waals surface area contributed by atoms with Crippen LogP contribution in [-0.4, -0.2) is 4.98 Å². The van der Waals surface area contributed by atoms with E-state index >= 15 is 0 Å². The summed E-state index contributed by atoms with van der Waals surface area (Å²) in [5.74, 6) is 0. The molecule has 0 saturated heterocycles. The van der Waals surface area contributed by atoms with Gasteiger partial charge in [-0.3, -0.25) is 4.98 Å². The summed E-state index contributed by atoms with van der Waals surface area (Å²) in [6.45, 7) is -0.0230. The second-order valence-corrected chi connectivity index (χ2v) is 2.97. The topological polar surface area (TPSA) is 86.5 Å². The lowest BCUT2D eigenvalue weighted by Gasteiger charge is -2.08. The van der Waals surface area contributed by atoms with E-state index in [0.717, 1.165) is 6.07 Å². The Morgan fingerprint density at radius 3 is 2.50 bits per heavy atom. The van der Waals surface area contributed by atoms with Crippen molar-refractivity contribution in [1.82, 2.24) is 4.98 Å². The van der Waals surface area contributed by atoms with Crippen LogP contribution < -0.4 is 5.73 Å². The van der Waals surface area contributed by atoms with Crippen LogP contribution in [0.15, 0.2) is 6.07 Å². The Bertz CT molecular complexity index is 471. The highest BCUT2D eigenvalue weighted by Crippen LogP contribution is 2.24. The minimum Gasteiger partial charge on any atom is -0.325 e. The zero-order valence-electron chi connectivity index (χ0n) is 8.24. The fourth-order valence-corrected chi connectivity index (χ4v) is 1.27. The van der Waals surface area contributed by atoms with Crippen LogP contribution >= 0.6 is 0 Å². The Morgan fingerprint density at radius 2 is 2.06 bits per heavy atom. The number of hydrogen-bond donors (Lipinski definition) is 1. The summed E-state index contributed by atoms with van der Waals surface area (Å²) >= 11 is 0. The van der Waals surface area contributed by atoms with Crippen LogP contribution in [0.1, 0.15) is 28.9 Å². The van der Waals surface area contributed by atoms with Crippen molar-refractivity contribution in [1.29, 1.82) is 10.5 Å². The van der Waals surface area contributed by atoms with Gasteiger partial charge in [-0.2, -0.15) is 10.5 Å². The summed E-state index contributed by atoms with van der Waals surface area (Å²) in [6, 6.07) is 4.55. The summed E-state index contributed by atoms with van der Waals surface area (Å²) in [5, 5.41) is 17.2. The largest absolute Gasteiger partial charge is 0.325 e. The van der Waals surface area contributed by atoms with Crippen LogP contribution in [0.25, 0.3) is 0 Å². The molecular weight excluding hydrogens is 214 g/mol. The quantitative estimate of drug-likeness (QED) is 0.837. The van der Waals surface area contributed by atoms with E-state index in [0.29, 0.717) is 0 Å². The first-order valence-electron chi connectivity index (χ1n) is 4.42. The molecule has 1 rings (SSSR count). The van der Waals surface area contributed by atoms with Gasteiger partial charge in [-0.05, 0) is 6.07 Å². The molecule has 0 aliphatic heterocycles. The first kappa shape index (κ1) is 12.0. The fraction of sp³-hybridized carbons (Fsp3) is 0.300. The number of nitrogens with two attached hydrogens (primary N) is 1. The molecule has 0 unspecified atom stereocenters. The lowest BCUT2D eigenvalue weighted by Crippen LogP contribution is -2.08. The third kappa shape index (κ3) is 2.30. The van der Waals surface area contributed by atoms with E-state index in [1.807, 2.05) is 0 Å². The van der Waals surface area contributed by atoms with Gasteiger partial charge in [0.2, 0.25) is 0 Å². The molecule has 0 saturated carbocycles. The van der Waals surface area contributed by atoms with Crippen molar-refractivity contribution < 1.29 is 8.78 Å². The molecular formula is C10H8F2N4. The molecule has 0 radical (unpaired) electrons. The van der Waals surface area contributed by atoms with E-state index < -0.39 is 6.43 Å². The number of nitrogens with zero attached hydrogens (tertiary/aromatic N) is 3. The lowest BCUT2D eigenvalue weighted by molar-refractivity contribution is 0.150. The maximum Gasteiger partial charge on any atom is 0.265 e. The van der Waals surface area contributed by atoms with Gasteiger partial charge in [0.1, 0.15) is 6.07 Å². The number of pyridine rings is 1. The van der Waals surface area contributed by atoms with Crippen molar-refractivity contribution >= 4 is 0 Å². The standard InChI is InChI=1S/C10H8F2N4/c11-10(12)7-3-6(4-14)9(5-15)16-8(7)1-2-13/h3,10H,1,5,15H2. The fourth-order valence-electron chi connectivity index (χ4n) is 1.27. The molecule has 0 aliphatic carbocycles. The first-order chi connectivity index (χ1) is 7.63. The number of halogens is 2. The Kier molecular flexibility index (Phi) is 3.87. The molecule has 0 fully saturated rings. The van der Waals surface area contributed by atoms with Crippen LogP contribution in [0.4, 0.5) is 8.78 Å². The number of rotatable bonds is 3. The monoisotopic (exact) mass is 222 g/mol. The molecule has 0 aliphatic rings. The van der Waals surface area contributed by atoms with Gasteiger partial charge in [-0.25, -0.2) is 8.78 Å². The normalized spacial score (nSPS) is 9.88. The average molecular weight is 222 g/mol. The van der Waals surface area contributed by atoms with Gasteiger partial charge in [0, 0.05) is 12.1 Å². The molecule has 0 bridgehead atoms. The predicted molar refractivity (Wildman–Crippen MR) is 51.1 cm³/mol. The molecule has 1 heterocycles. The minimum absolute atomic E-state index is 0.0167. The van der Waals surface area contributed by atoms with E-state index in [2.05, 4.69) is 4.98 Å². The molecule has 4 nitrogen and oxygen atoms in total. The molecule has 16 heavy (non-hydrogen) atoms. The van der Waals surface area contributed by atoms with Crippen molar-refractivity contribution in [2.24, 2.45) is 5.73 Å². The molecule has 6 heteroatoms. The van der Waals surface area contributed by atoms with Crippen LogP contribution in [0, 0.1) is 22.7 Å². The summed E-state index contributed by atoms with van der Waals surface area (Å²) in [4.78, 5) is 3.82. The van der Waals surface area contributed by atoms with Gasteiger partial charge in [-0.1, -0.05) is 0 Å². The second kappa shape index (κ2) is 5.15. The van der Waals surface area contributed by atoms with Crippen LogP contribution in [0.2, 0.25) is 0 Å². The van der Waals surface area contributed by atoms with Crippen molar-refractivity contribution in [2.45, 2.75) is 19.4 Å². The van der Waals surface area contributed by atoms with Gasteiger partial charge in [0.25, 0.3) is 6.43 Å². The average Bonchev–Trinajstić information content (AvgIpc) is 2.28. The van der Waals surface area contributed by atoms with E-state index in [9.17, 15) is 8.78 Å². The summed E-state index contributed by atoms with van der Waals surface area (Å²) in [6.07, 6.45) is -2.98. The van der Waals surface area contributed by atoms with E-state index in [4.69, 9.17) is 16.3 Å². The van der Waals surface area contributed by atoms with Crippen molar-refractivity contribution in [3.63, 3.8) is 0 Å². The van der Waals surface area contributed by atoms with Gasteiger partial charge < -0.3 is 5.73 Å². The minimum atomic E-state index is -2.75.